The van der Waals surface area contributed by atoms with Gasteiger partial charge in [-0.15, -0.1) is 0 Å². The van der Waals surface area contributed by atoms with Crippen molar-refractivity contribution in [1.82, 2.24) is 14.5 Å². The van der Waals surface area contributed by atoms with Crippen LogP contribution in [0.2, 0.25) is 0 Å². The monoisotopic (exact) mass is 350 g/mol. The molecule has 1 aromatic carbocycles. The van der Waals surface area contributed by atoms with Gasteiger partial charge in [0.25, 0.3) is 0 Å². The van der Waals surface area contributed by atoms with Crippen LogP contribution in [0.25, 0.3) is 10.9 Å². The molecule has 1 atom stereocenters. The van der Waals surface area contributed by atoms with Crippen LogP contribution in [0.15, 0.2) is 54.9 Å². The number of fused-ring (bicyclic) bond motifs is 1. The average molecular weight is 350 g/mol. The van der Waals surface area contributed by atoms with Gasteiger partial charge >= 0.3 is 0 Å². The van der Waals surface area contributed by atoms with E-state index in [9.17, 15) is 5.11 Å². The maximum atomic E-state index is 10.9. The van der Waals surface area contributed by atoms with Crippen LogP contribution in [0.3, 0.4) is 0 Å². The summed E-state index contributed by atoms with van der Waals surface area (Å²) < 4.78 is 2.22. The molecule has 1 fully saturated rings. The molecule has 3 heterocycles. The molecule has 136 valence electrons. The number of anilines is 1. The highest BCUT2D eigenvalue weighted by Crippen LogP contribution is 2.27. The molecule has 0 saturated carbocycles. The summed E-state index contributed by atoms with van der Waals surface area (Å²) in [5, 5.41) is 12.0. The van der Waals surface area contributed by atoms with Crippen molar-refractivity contribution in [1.29, 1.82) is 0 Å². The summed E-state index contributed by atoms with van der Waals surface area (Å²) in [7, 11) is 0. The Morgan fingerprint density at radius 2 is 1.81 bits per heavy atom. The molecule has 0 amide bonds. The van der Waals surface area contributed by atoms with Crippen molar-refractivity contribution < 1.29 is 5.11 Å². The molecule has 5 heteroatoms. The van der Waals surface area contributed by atoms with Crippen molar-refractivity contribution in [2.24, 2.45) is 0 Å². The number of nitrogens with zero attached hydrogens (tertiary/aromatic N) is 4. The van der Waals surface area contributed by atoms with Crippen LogP contribution in [0.4, 0.5) is 5.82 Å². The number of rotatable bonds is 5. The molecule has 1 aliphatic rings. The zero-order valence-corrected chi connectivity index (χ0v) is 15.3. The SMILES string of the molecule is CCn1cc(C(O)CN2CCN(c3ccccn3)CC2)c2ccccc21. The number of para-hydroxylation sites is 1. The highest BCUT2D eigenvalue weighted by atomic mass is 16.3. The molecule has 0 aliphatic carbocycles. The number of aromatic nitrogens is 2. The van der Waals surface area contributed by atoms with Gasteiger partial charge in [-0.05, 0) is 25.1 Å². The minimum Gasteiger partial charge on any atom is -0.387 e. The normalized spacial score (nSPS) is 16.9. The Morgan fingerprint density at radius 1 is 1.04 bits per heavy atom. The van der Waals surface area contributed by atoms with Gasteiger partial charge in [0.1, 0.15) is 5.82 Å². The fraction of sp³-hybridized carbons (Fsp3) is 0.381. The first-order valence-electron chi connectivity index (χ1n) is 9.40. The minimum atomic E-state index is -0.464. The number of benzene rings is 1. The predicted molar refractivity (Wildman–Crippen MR) is 105 cm³/mol. The summed E-state index contributed by atoms with van der Waals surface area (Å²) in [6.07, 6.45) is 3.49. The van der Waals surface area contributed by atoms with E-state index in [-0.39, 0.29) is 0 Å². The van der Waals surface area contributed by atoms with Crippen LogP contribution < -0.4 is 4.90 Å². The molecule has 1 N–H and O–H groups in total. The highest BCUT2D eigenvalue weighted by molar-refractivity contribution is 5.84. The Balaban J connectivity index is 1.43. The topological polar surface area (TPSA) is 44.5 Å². The van der Waals surface area contributed by atoms with Crippen LogP contribution in [0.1, 0.15) is 18.6 Å². The van der Waals surface area contributed by atoms with Gasteiger partial charge < -0.3 is 14.6 Å². The van der Waals surface area contributed by atoms with Gasteiger partial charge in [0.2, 0.25) is 0 Å². The molecular weight excluding hydrogens is 324 g/mol. The molecule has 1 unspecified atom stereocenters. The number of aliphatic hydroxyl groups excluding tert-OH is 1. The van der Waals surface area contributed by atoms with E-state index in [1.54, 1.807) is 0 Å². The van der Waals surface area contributed by atoms with Crippen molar-refractivity contribution in [2.45, 2.75) is 19.6 Å². The van der Waals surface area contributed by atoms with Crippen LogP contribution in [-0.2, 0) is 6.54 Å². The standard InChI is InChI=1S/C21H26N4O/c1-2-24-15-18(17-7-3-4-8-19(17)24)20(26)16-23-11-13-25(14-12-23)21-9-5-6-10-22-21/h3-10,15,20,26H,2,11-14,16H2,1H3. The molecule has 0 spiro atoms. The number of pyridine rings is 1. The highest BCUT2D eigenvalue weighted by Gasteiger charge is 2.22. The predicted octanol–water partition coefficient (Wildman–Crippen LogP) is 2.91. The second kappa shape index (κ2) is 7.48. The molecule has 0 bridgehead atoms. The summed E-state index contributed by atoms with van der Waals surface area (Å²) in [4.78, 5) is 9.10. The minimum absolute atomic E-state index is 0.464. The van der Waals surface area contributed by atoms with Crippen molar-refractivity contribution in [3.05, 3.63) is 60.4 Å². The Hall–Kier alpha value is -2.37. The number of hydrogen-bond acceptors (Lipinski definition) is 4. The maximum absolute atomic E-state index is 10.9. The molecule has 4 rings (SSSR count). The molecule has 1 aliphatic heterocycles. The number of piperazine rings is 1. The number of aliphatic hydroxyl groups is 1. The lowest BCUT2D eigenvalue weighted by Gasteiger charge is -2.36. The quantitative estimate of drug-likeness (QED) is 0.768. The number of hydrogen-bond donors (Lipinski definition) is 1. The second-order valence-corrected chi connectivity index (χ2v) is 6.88. The first-order valence-corrected chi connectivity index (χ1v) is 9.40. The zero-order chi connectivity index (χ0) is 17.9. The molecule has 26 heavy (non-hydrogen) atoms. The molecule has 3 aromatic rings. The maximum Gasteiger partial charge on any atom is 0.128 e. The molecule has 1 saturated heterocycles. The first-order chi connectivity index (χ1) is 12.8. The van der Waals surface area contributed by atoms with Crippen LogP contribution in [0.5, 0.6) is 0 Å². The van der Waals surface area contributed by atoms with Gasteiger partial charge in [-0.1, -0.05) is 24.3 Å². The van der Waals surface area contributed by atoms with Crippen LogP contribution >= 0.6 is 0 Å². The Kier molecular flexibility index (Phi) is 4.91. The lowest BCUT2D eigenvalue weighted by molar-refractivity contribution is 0.110. The number of β-amino-alcohol motifs (C(OH)–C–C–N with tert-alkyl or cyclic N) is 1. The van der Waals surface area contributed by atoms with Gasteiger partial charge in [-0.25, -0.2) is 4.98 Å². The first kappa shape index (κ1) is 17.1. The molecule has 0 radical (unpaired) electrons. The van der Waals surface area contributed by atoms with E-state index in [2.05, 4.69) is 56.7 Å². The summed E-state index contributed by atoms with van der Waals surface area (Å²) in [5.74, 6) is 1.04. The zero-order valence-electron chi connectivity index (χ0n) is 15.3. The van der Waals surface area contributed by atoms with E-state index in [4.69, 9.17) is 0 Å². The Bertz CT molecular complexity index is 853. The van der Waals surface area contributed by atoms with Crippen LogP contribution in [-0.4, -0.2) is 52.3 Å². The Morgan fingerprint density at radius 3 is 2.54 bits per heavy atom. The summed E-state index contributed by atoms with van der Waals surface area (Å²) >= 11 is 0. The Labute approximate surface area is 154 Å². The van der Waals surface area contributed by atoms with Crippen molar-refractivity contribution in [3.8, 4) is 0 Å². The lowest BCUT2D eigenvalue weighted by atomic mass is 10.1. The molecule has 5 nitrogen and oxygen atoms in total. The number of aryl methyl sites for hydroxylation is 1. The van der Waals surface area contributed by atoms with Crippen molar-refractivity contribution >= 4 is 16.7 Å². The summed E-state index contributed by atoms with van der Waals surface area (Å²) in [6, 6.07) is 14.4. The van der Waals surface area contributed by atoms with Gasteiger partial charge in [0.15, 0.2) is 0 Å². The summed E-state index contributed by atoms with van der Waals surface area (Å²) in [6.45, 7) is 7.50. The molecule has 2 aromatic heterocycles. The summed E-state index contributed by atoms with van der Waals surface area (Å²) in [5.41, 5.74) is 2.23. The van der Waals surface area contributed by atoms with Gasteiger partial charge in [0.05, 0.1) is 6.10 Å². The largest absolute Gasteiger partial charge is 0.387 e. The van der Waals surface area contributed by atoms with E-state index in [0.29, 0.717) is 6.54 Å². The average Bonchev–Trinajstić information content (AvgIpc) is 3.08. The van der Waals surface area contributed by atoms with E-state index < -0.39 is 6.10 Å². The van der Waals surface area contributed by atoms with Gasteiger partial charge in [-0.2, -0.15) is 0 Å². The second-order valence-electron chi connectivity index (χ2n) is 6.88. The third-order valence-corrected chi connectivity index (χ3v) is 5.30. The lowest BCUT2D eigenvalue weighted by Crippen LogP contribution is -2.47. The van der Waals surface area contributed by atoms with Crippen LogP contribution in [0, 0.1) is 0 Å². The van der Waals surface area contributed by atoms with Gasteiger partial charge in [0, 0.05) is 68.1 Å². The van der Waals surface area contributed by atoms with E-state index >= 15 is 0 Å². The fourth-order valence-electron chi connectivity index (χ4n) is 3.85. The van der Waals surface area contributed by atoms with E-state index in [0.717, 1.165) is 49.5 Å². The van der Waals surface area contributed by atoms with Gasteiger partial charge in [-0.3, -0.25) is 4.90 Å². The van der Waals surface area contributed by atoms with E-state index in [1.165, 1.54) is 5.52 Å². The third-order valence-electron chi connectivity index (χ3n) is 5.30. The third kappa shape index (κ3) is 3.32. The van der Waals surface area contributed by atoms with Crippen molar-refractivity contribution in [2.75, 3.05) is 37.6 Å². The fourth-order valence-corrected chi connectivity index (χ4v) is 3.85. The van der Waals surface area contributed by atoms with Crippen molar-refractivity contribution in [3.63, 3.8) is 0 Å². The smallest absolute Gasteiger partial charge is 0.128 e. The van der Waals surface area contributed by atoms with E-state index in [1.807, 2.05) is 24.4 Å². The molecular formula is C21H26N4O.